The third-order valence-electron chi connectivity index (χ3n) is 3.65. The van der Waals surface area contributed by atoms with Crippen LogP contribution >= 0.6 is 11.3 Å². The molecule has 2 aromatic heterocycles. The van der Waals surface area contributed by atoms with E-state index < -0.39 is 0 Å². The summed E-state index contributed by atoms with van der Waals surface area (Å²) in [7, 11) is 0. The Morgan fingerprint density at radius 2 is 2.50 bits per heavy atom. The summed E-state index contributed by atoms with van der Waals surface area (Å²) in [6, 6.07) is 1.94. The molecule has 1 saturated heterocycles. The van der Waals surface area contributed by atoms with Gasteiger partial charge in [-0.2, -0.15) is 11.3 Å². The van der Waals surface area contributed by atoms with Crippen LogP contribution in [0.4, 0.5) is 4.79 Å². The molecule has 0 radical (unpaired) electrons. The molecule has 0 aromatic carbocycles. The van der Waals surface area contributed by atoms with Gasteiger partial charge in [-0.15, -0.1) is 10.2 Å². The molecule has 22 heavy (non-hydrogen) atoms. The molecule has 2 aromatic rings. The van der Waals surface area contributed by atoms with E-state index in [1.54, 1.807) is 22.6 Å². The number of thiophene rings is 1. The molecule has 0 saturated carbocycles. The van der Waals surface area contributed by atoms with Crippen LogP contribution in [0.15, 0.2) is 23.2 Å². The number of carbonyl (C=O) groups is 1. The quantitative estimate of drug-likeness (QED) is 0.929. The number of hydrogen-bond donors (Lipinski definition) is 1. The summed E-state index contributed by atoms with van der Waals surface area (Å²) in [6.07, 6.45) is 1.47. The number of morpholine rings is 1. The number of carbonyl (C=O) groups excluding carboxylic acids is 1. The minimum absolute atomic E-state index is 0.0675. The number of amides is 2. The molecule has 2 amide bonds. The molecule has 1 aliphatic heterocycles. The molecule has 3 rings (SSSR count). The Kier molecular flexibility index (Phi) is 4.69. The molecule has 1 N–H and O–H groups in total. The summed E-state index contributed by atoms with van der Waals surface area (Å²) in [4.78, 5) is 14.1. The largest absolute Gasteiger partial charge is 0.366 e. The van der Waals surface area contributed by atoms with Crippen LogP contribution in [0.25, 0.3) is 0 Å². The highest BCUT2D eigenvalue weighted by Crippen LogP contribution is 2.20. The first kappa shape index (κ1) is 15.0. The normalized spacial score (nSPS) is 18.4. The molecule has 0 spiro atoms. The number of nitrogens with one attached hydrogen (secondary N) is 1. The highest BCUT2D eigenvalue weighted by atomic mass is 32.1. The monoisotopic (exact) mass is 321 g/mol. The number of urea groups is 1. The average molecular weight is 321 g/mol. The van der Waals surface area contributed by atoms with E-state index >= 15 is 0 Å². The molecule has 1 atom stereocenters. The van der Waals surface area contributed by atoms with Gasteiger partial charge >= 0.3 is 6.03 Å². The second kappa shape index (κ2) is 6.89. The maximum Gasteiger partial charge on any atom is 0.317 e. The first-order chi connectivity index (χ1) is 10.8. The first-order valence-corrected chi connectivity index (χ1v) is 8.25. The van der Waals surface area contributed by atoms with Gasteiger partial charge in [0.15, 0.2) is 5.82 Å². The Morgan fingerprint density at radius 1 is 1.59 bits per heavy atom. The van der Waals surface area contributed by atoms with E-state index in [1.165, 1.54) is 0 Å². The first-order valence-electron chi connectivity index (χ1n) is 7.31. The van der Waals surface area contributed by atoms with Gasteiger partial charge in [0.2, 0.25) is 0 Å². The summed E-state index contributed by atoms with van der Waals surface area (Å²) >= 11 is 1.63. The van der Waals surface area contributed by atoms with Gasteiger partial charge in [0, 0.05) is 19.6 Å². The zero-order valence-corrected chi connectivity index (χ0v) is 13.3. The molecule has 0 aliphatic carbocycles. The summed E-state index contributed by atoms with van der Waals surface area (Å²) in [5, 5.41) is 15.0. The fraction of sp³-hybridized carbons (Fsp3) is 0.500. The van der Waals surface area contributed by atoms with Crippen molar-refractivity contribution in [3.05, 3.63) is 34.5 Å². The van der Waals surface area contributed by atoms with Crippen LogP contribution in [0.1, 0.15) is 24.4 Å². The number of ether oxygens (including phenoxy) is 1. The van der Waals surface area contributed by atoms with Crippen molar-refractivity contribution in [2.24, 2.45) is 0 Å². The summed E-state index contributed by atoms with van der Waals surface area (Å²) in [6.45, 7) is 4.95. The van der Waals surface area contributed by atoms with E-state index in [9.17, 15) is 4.79 Å². The molecule has 3 heterocycles. The number of aromatic nitrogens is 3. The van der Waals surface area contributed by atoms with Crippen molar-refractivity contribution in [1.29, 1.82) is 0 Å². The number of rotatable bonds is 4. The number of hydrogen-bond acceptors (Lipinski definition) is 5. The van der Waals surface area contributed by atoms with E-state index in [0.29, 0.717) is 26.2 Å². The van der Waals surface area contributed by atoms with E-state index in [2.05, 4.69) is 15.5 Å². The van der Waals surface area contributed by atoms with Crippen LogP contribution in [0.2, 0.25) is 0 Å². The predicted molar refractivity (Wildman–Crippen MR) is 82.5 cm³/mol. The fourth-order valence-electron chi connectivity index (χ4n) is 2.43. The van der Waals surface area contributed by atoms with Gasteiger partial charge in [-0.1, -0.05) is 0 Å². The second-order valence-corrected chi connectivity index (χ2v) is 5.85. The van der Waals surface area contributed by atoms with Gasteiger partial charge in [0.1, 0.15) is 12.4 Å². The van der Waals surface area contributed by atoms with E-state index in [1.807, 2.05) is 28.3 Å². The van der Waals surface area contributed by atoms with Crippen molar-refractivity contribution < 1.29 is 9.53 Å². The molecule has 7 nitrogen and oxygen atoms in total. The van der Waals surface area contributed by atoms with Crippen LogP contribution in [0, 0.1) is 0 Å². The Morgan fingerprint density at radius 3 is 3.27 bits per heavy atom. The third kappa shape index (κ3) is 3.28. The van der Waals surface area contributed by atoms with E-state index in [0.717, 1.165) is 17.9 Å². The SMILES string of the molecule is CCn1cnnc1C1CN(C(=O)NCc2ccsc2)CCO1. The third-order valence-corrected chi connectivity index (χ3v) is 4.38. The van der Waals surface area contributed by atoms with Crippen molar-refractivity contribution in [3.8, 4) is 0 Å². The second-order valence-electron chi connectivity index (χ2n) is 5.07. The fourth-order valence-corrected chi connectivity index (χ4v) is 3.10. The molecule has 1 fully saturated rings. The number of aryl methyl sites for hydroxylation is 1. The van der Waals surface area contributed by atoms with Crippen LogP contribution in [0.5, 0.6) is 0 Å². The van der Waals surface area contributed by atoms with Gasteiger partial charge in [0.05, 0.1) is 13.2 Å². The van der Waals surface area contributed by atoms with Gasteiger partial charge in [-0.05, 0) is 29.3 Å². The predicted octanol–water partition coefficient (Wildman–Crippen LogP) is 1.64. The van der Waals surface area contributed by atoms with Crippen LogP contribution < -0.4 is 5.32 Å². The molecule has 8 heteroatoms. The van der Waals surface area contributed by atoms with Crippen LogP contribution in [-0.4, -0.2) is 45.4 Å². The Bertz CT molecular complexity index is 613. The standard InChI is InChI=1S/C14H19N5O2S/c1-2-18-10-16-17-13(18)12-8-19(4-5-21-12)14(20)15-7-11-3-6-22-9-11/h3,6,9-10,12H,2,4-5,7-8H2,1H3,(H,15,20). The summed E-state index contributed by atoms with van der Waals surface area (Å²) in [5.41, 5.74) is 1.12. The highest BCUT2D eigenvalue weighted by molar-refractivity contribution is 7.07. The van der Waals surface area contributed by atoms with Crippen LogP contribution in [0.3, 0.4) is 0 Å². The van der Waals surface area contributed by atoms with Crippen LogP contribution in [-0.2, 0) is 17.8 Å². The van der Waals surface area contributed by atoms with Gasteiger partial charge in [-0.3, -0.25) is 0 Å². The Labute approximate surface area is 132 Å². The maximum atomic E-state index is 12.3. The lowest BCUT2D eigenvalue weighted by molar-refractivity contribution is -0.0218. The molecule has 0 bridgehead atoms. The van der Waals surface area contributed by atoms with Crippen molar-refractivity contribution in [1.82, 2.24) is 25.0 Å². The van der Waals surface area contributed by atoms with Crippen molar-refractivity contribution in [2.75, 3.05) is 19.7 Å². The topological polar surface area (TPSA) is 72.3 Å². The minimum atomic E-state index is -0.219. The van der Waals surface area contributed by atoms with Crippen molar-refractivity contribution >= 4 is 17.4 Å². The minimum Gasteiger partial charge on any atom is -0.366 e. The molecule has 1 aliphatic rings. The lowest BCUT2D eigenvalue weighted by atomic mass is 10.2. The van der Waals surface area contributed by atoms with Crippen molar-refractivity contribution in [2.45, 2.75) is 26.1 Å². The lowest BCUT2D eigenvalue weighted by Gasteiger charge is -2.32. The maximum absolute atomic E-state index is 12.3. The molecular weight excluding hydrogens is 302 g/mol. The highest BCUT2D eigenvalue weighted by Gasteiger charge is 2.28. The Balaban J connectivity index is 1.59. The zero-order valence-electron chi connectivity index (χ0n) is 12.4. The van der Waals surface area contributed by atoms with Gasteiger partial charge in [0.25, 0.3) is 0 Å². The molecular formula is C14H19N5O2S. The Hall–Kier alpha value is -1.93. The van der Waals surface area contributed by atoms with Gasteiger partial charge < -0.3 is 19.5 Å². The summed E-state index contributed by atoms with van der Waals surface area (Å²) < 4.78 is 7.69. The molecule has 1 unspecified atom stereocenters. The van der Waals surface area contributed by atoms with Crippen molar-refractivity contribution in [3.63, 3.8) is 0 Å². The lowest BCUT2D eigenvalue weighted by Crippen LogP contribution is -2.47. The summed E-state index contributed by atoms with van der Waals surface area (Å²) in [5.74, 6) is 0.776. The van der Waals surface area contributed by atoms with E-state index in [-0.39, 0.29) is 12.1 Å². The number of nitrogens with zero attached hydrogens (tertiary/aromatic N) is 4. The molecule has 118 valence electrons. The van der Waals surface area contributed by atoms with E-state index in [4.69, 9.17) is 4.74 Å². The average Bonchev–Trinajstić information content (AvgIpc) is 3.23. The van der Waals surface area contributed by atoms with Gasteiger partial charge in [-0.25, -0.2) is 4.79 Å². The zero-order chi connectivity index (χ0) is 15.4. The smallest absolute Gasteiger partial charge is 0.317 e.